The number of ketones is 1. The van der Waals surface area contributed by atoms with Crippen LogP contribution in [0.2, 0.25) is 5.02 Å². The Labute approximate surface area is 132 Å². The largest absolute Gasteiger partial charge is 0.292 e. The first-order valence-electron chi connectivity index (χ1n) is 5.26. The second kappa shape index (κ2) is 5.93. The second-order valence-corrected chi connectivity index (χ2v) is 8.72. The van der Waals surface area contributed by atoms with E-state index in [0.717, 1.165) is 33.3 Å². The molecule has 1 aromatic carbocycles. The van der Waals surface area contributed by atoms with Gasteiger partial charge in [0.15, 0.2) is 15.6 Å². The van der Waals surface area contributed by atoms with Gasteiger partial charge < -0.3 is 0 Å². The summed E-state index contributed by atoms with van der Waals surface area (Å²) >= 11 is 9.90. The summed E-state index contributed by atoms with van der Waals surface area (Å²) < 4.78 is 37.9. The first-order valence-corrected chi connectivity index (χ1v) is 8.90. The number of Topliss-reactive ketones (excluding diaryl/α,β-unsaturated/α-hetero) is 1. The summed E-state index contributed by atoms with van der Waals surface area (Å²) in [5.41, 5.74) is 0. The zero-order chi connectivity index (χ0) is 14.9. The van der Waals surface area contributed by atoms with Crippen molar-refractivity contribution in [2.75, 3.05) is 5.75 Å². The molecule has 1 aromatic heterocycles. The minimum absolute atomic E-state index is 0.173. The van der Waals surface area contributed by atoms with Crippen molar-refractivity contribution >= 4 is 54.5 Å². The van der Waals surface area contributed by atoms with E-state index in [9.17, 15) is 17.6 Å². The number of halogens is 3. The minimum Gasteiger partial charge on any atom is -0.292 e. The summed E-state index contributed by atoms with van der Waals surface area (Å²) in [4.78, 5) is 12.1. The zero-order valence-electron chi connectivity index (χ0n) is 9.77. The van der Waals surface area contributed by atoms with Gasteiger partial charge in [-0.25, -0.2) is 12.8 Å². The Morgan fingerprint density at radius 2 is 2.00 bits per heavy atom. The molecule has 0 radical (unpaired) electrons. The molecule has 8 heteroatoms. The van der Waals surface area contributed by atoms with Gasteiger partial charge in [0.1, 0.15) is 11.6 Å². The Balaban J connectivity index is 2.27. The van der Waals surface area contributed by atoms with Crippen LogP contribution in [-0.4, -0.2) is 20.0 Å². The van der Waals surface area contributed by atoms with E-state index in [1.165, 1.54) is 0 Å². The number of hydrogen-bond donors (Lipinski definition) is 0. The molecule has 0 spiro atoms. The van der Waals surface area contributed by atoms with E-state index < -0.39 is 27.2 Å². The molecule has 2 rings (SSSR count). The average Bonchev–Trinajstić information content (AvgIpc) is 2.79. The Morgan fingerprint density at radius 3 is 2.55 bits per heavy atom. The van der Waals surface area contributed by atoms with Crippen molar-refractivity contribution in [3.8, 4) is 0 Å². The predicted octanol–water partition coefficient (Wildman–Crippen LogP) is 3.96. The number of carbonyl (C=O) groups excluding carboxylic acids is 1. The molecule has 0 bridgehead atoms. The number of rotatable bonds is 4. The summed E-state index contributed by atoms with van der Waals surface area (Å²) in [6, 6.07) is 6.27. The Kier molecular flexibility index (Phi) is 4.63. The van der Waals surface area contributed by atoms with Gasteiger partial charge in [-0.15, -0.1) is 11.3 Å². The maximum Gasteiger partial charge on any atom is 0.188 e. The molecule has 3 nitrogen and oxygen atoms in total. The Hall–Kier alpha value is -0.760. The van der Waals surface area contributed by atoms with E-state index in [-0.39, 0.29) is 9.92 Å². The summed E-state index contributed by atoms with van der Waals surface area (Å²) in [6.45, 7) is 0. The molecular weight excluding hydrogens is 391 g/mol. The first-order chi connectivity index (χ1) is 9.29. The van der Waals surface area contributed by atoms with Gasteiger partial charge in [0, 0.05) is 0 Å². The summed E-state index contributed by atoms with van der Waals surface area (Å²) in [5, 5.41) is -0.294. The van der Waals surface area contributed by atoms with Crippen molar-refractivity contribution < 1.29 is 17.6 Å². The number of hydrogen-bond acceptors (Lipinski definition) is 4. The minimum atomic E-state index is -3.85. The molecule has 0 amide bonds. The molecular formula is C12H7BrClFO3S2. The van der Waals surface area contributed by atoms with Crippen LogP contribution in [0.5, 0.6) is 0 Å². The van der Waals surface area contributed by atoms with Crippen LogP contribution in [0.15, 0.2) is 39.0 Å². The van der Waals surface area contributed by atoms with Crippen LogP contribution in [0.4, 0.5) is 4.39 Å². The molecule has 1 heterocycles. The topological polar surface area (TPSA) is 51.2 Å². The fourth-order valence-electron chi connectivity index (χ4n) is 1.46. The van der Waals surface area contributed by atoms with Crippen LogP contribution in [-0.2, 0) is 9.84 Å². The third-order valence-corrected chi connectivity index (χ3v) is 5.99. The van der Waals surface area contributed by atoms with Crippen LogP contribution in [0.3, 0.4) is 0 Å². The van der Waals surface area contributed by atoms with Crippen LogP contribution in [0, 0.1) is 5.82 Å². The number of carbonyl (C=O) groups is 1. The lowest BCUT2D eigenvalue weighted by Gasteiger charge is -2.04. The third kappa shape index (κ3) is 3.46. The summed E-state index contributed by atoms with van der Waals surface area (Å²) in [5.74, 6) is -1.90. The molecule has 0 atom stereocenters. The fraction of sp³-hybridized carbons (Fsp3) is 0.0833. The summed E-state index contributed by atoms with van der Waals surface area (Å²) in [6.07, 6.45) is 0. The third-order valence-electron chi connectivity index (χ3n) is 2.42. The molecule has 20 heavy (non-hydrogen) atoms. The molecule has 2 aromatic rings. The lowest BCUT2D eigenvalue weighted by molar-refractivity contribution is 0.102. The highest BCUT2D eigenvalue weighted by Gasteiger charge is 2.22. The molecule has 0 saturated heterocycles. The van der Waals surface area contributed by atoms with Gasteiger partial charge >= 0.3 is 0 Å². The van der Waals surface area contributed by atoms with Crippen molar-refractivity contribution in [2.24, 2.45) is 0 Å². The van der Waals surface area contributed by atoms with Crippen LogP contribution in [0.1, 0.15) is 9.67 Å². The quantitative estimate of drug-likeness (QED) is 0.579. The first kappa shape index (κ1) is 15.6. The molecule has 0 N–H and O–H groups in total. The normalized spacial score (nSPS) is 11.6. The zero-order valence-corrected chi connectivity index (χ0v) is 13.7. The molecule has 0 aliphatic heterocycles. The van der Waals surface area contributed by atoms with Gasteiger partial charge in [-0.2, -0.15) is 0 Å². The highest BCUT2D eigenvalue weighted by atomic mass is 79.9. The molecule has 0 fully saturated rings. The van der Waals surface area contributed by atoms with E-state index in [2.05, 4.69) is 15.9 Å². The van der Waals surface area contributed by atoms with Gasteiger partial charge in [-0.1, -0.05) is 11.6 Å². The van der Waals surface area contributed by atoms with E-state index in [0.29, 0.717) is 4.88 Å². The standard InChI is InChI=1S/C12H7BrClFO3S2/c13-12-4-3-11(19-12)10(16)6-20(17,18)7-1-2-9(15)8(14)5-7/h1-5H,6H2. The van der Waals surface area contributed by atoms with Crippen LogP contribution < -0.4 is 0 Å². The monoisotopic (exact) mass is 396 g/mol. The lowest BCUT2D eigenvalue weighted by Crippen LogP contribution is -2.15. The van der Waals surface area contributed by atoms with Crippen molar-refractivity contribution in [2.45, 2.75) is 4.90 Å². The number of thiophene rings is 1. The Morgan fingerprint density at radius 1 is 1.30 bits per heavy atom. The van der Waals surface area contributed by atoms with Gasteiger partial charge in [0.2, 0.25) is 0 Å². The van der Waals surface area contributed by atoms with Crippen molar-refractivity contribution in [1.29, 1.82) is 0 Å². The van der Waals surface area contributed by atoms with Crippen LogP contribution in [0.25, 0.3) is 0 Å². The van der Waals surface area contributed by atoms with Gasteiger partial charge in [0.25, 0.3) is 0 Å². The molecule has 106 valence electrons. The molecule has 0 aliphatic rings. The van der Waals surface area contributed by atoms with Gasteiger partial charge in [0.05, 0.1) is 18.6 Å². The Bertz CT molecular complexity index is 771. The van der Waals surface area contributed by atoms with Crippen molar-refractivity contribution in [3.05, 3.63) is 49.8 Å². The molecule has 0 unspecified atom stereocenters. The molecule has 0 aliphatic carbocycles. The maximum atomic E-state index is 13.0. The van der Waals surface area contributed by atoms with E-state index in [4.69, 9.17) is 11.6 Å². The van der Waals surface area contributed by atoms with Crippen LogP contribution >= 0.6 is 38.9 Å². The highest BCUT2D eigenvalue weighted by Crippen LogP contribution is 2.25. The maximum absolute atomic E-state index is 13.0. The second-order valence-electron chi connectivity index (χ2n) is 3.86. The van der Waals surface area contributed by atoms with Crippen molar-refractivity contribution in [3.63, 3.8) is 0 Å². The average molecular weight is 398 g/mol. The lowest BCUT2D eigenvalue weighted by atomic mass is 10.3. The van der Waals surface area contributed by atoms with Gasteiger partial charge in [-0.3, -0.25) is 4.79 Å². The predicted molar refractivity (Wildman–Crippen MR) is 79.8 cm³/mol. The van der Waals surface area contributed by atoms with Crippen molar-refractivity contribution in [1.82, 2.24) is 0 Å². The fourth-order valence-corrected chi connectivity index (χ4v) is 4.36. The number of benzene rings is 1. The van der Waals surface area contributed by atoms with Gasteiger partial charge in [-0.05, 0) is 46.3 Å². The number of sulfone groups is 1. The van der Waals surface area contributed by atoms with E-state index >= 15 is 0 Å². The van der Waals surface area contributed by atoms with E-state index in [1.54, 1.807) is 12.1 Å². The highest BCUT2D eigenvalue weighted by molar-refractivity contribution is 9.11. The molecule has 0 saturated carbocycles. The van der Waals surface area contributed by atoms with E-state index in [1.807, 2.05) is 0 Å². The summed E-state index contributed by atoms with van der Waals surface area (Å²) in [7, 11) is -3.85. The smallest absolute Gasteiger partial charge is 0.188 e. The SMILES string of the molecule is O=C(CS(=O)(=O)c1ccc(F)c(Cl)c1)c1ccc(Br)s1.